The quantitative estimate of drug-likeness (QED) is 0.238. The number of carbonyl (C=O) groups excluding carboxylic acids is 3. The van der Waals surface area contributed by atoms with E-state index in [9.17, 15) is 14.4 Å². The van der Waals surface area contributed by atoms with Gasteiger partial charge in [-0.2, -0.15) is 4.90 Å². The molecule has 0 heterocycles. The van der Waals surface area contributed by atoms with E-state index < -0.39 is 35.1 Å². The summed E-state index contributed by atoms with van der Waals surface area (Å²) in [7, 11) is 0. The van der Waals surface area contributed by atoms with Crippen LogP contribution in [0.2, 0.25) is 10.0 Å². The Kier molecular flexibility index (Phi) is 8.85. The summed E-state index contributed by atoms with van der Waals surface area (Å²) in [6.45, 7) is 18.6. The van der Waals surface area contributed by atoms with Crippen molar-refractivity contribution in [1.29, 1.82) is 0 Å². The number of ether oxygens (including phenoxy) is 4. The lowest BCUT2D eigenvalue weighted by Gasteiger charge is -2.29. The van der Waals surface area contributed by atoms with Gasteiger partial charge in [0, 0.05) is 0 Å². The topological polar surface area (TPSA) is 91.4 Å². The Morgan fingerprint density at radius 2 is 1.12 bits per heavy atom. The molecule has 1 aromatic carbocycles. The average molecular weight is 504 g/mol. The molecule has 0 aromatic heterocycles. The molecule has 33 heavy (non-hydrogen) atoms. The minimum Gasteiger partial charge on any atom is -0.443 e. The molecule has 0 unspecified atom stereocenters. The number of rotatable bonds is 3. The highest BCUT2D eigenvalue weighted by molar-refractivity contribution is 6.38. The highest BCUT2D eigenvalue weighted by Crippen LogP contribution is 2.36. The minimum atomic E-state index is -0.993. The van der Waals surface area contributed by atoms with Gasteiger partial charge in [-0.15, -0.1) is 0 Å². The van der Waals surface area contributed by atoms with E-state index in [-0.39, 0.29) is 27.1 Å². The van der Waals surface area contributed by atoms with Crippen molar-refractivity contribution >= 4 is 53.0 Å². The Hall–Kier alpha value is -2.45. The summed E-state index contributed by atoms with van der Waals surface area (Å²) in [5.74, 6) is -0.174. The van der Waals surface area contributed by atoms with Gasteiger partial charge in [0.05, 0.1) is 21.3 Å². The van der Waals surface area contributed by atoms with Gasteiger partial charge in [-0.1, -0.05) is 29.8 Å². The van der Waals surface area contributed by atoms with Crippen LogP contribution in [-0.2, 0) is 18.9 Å². The molecule has 0 bridgehead atoms. The molecular formula is C23H31Cl2NO7. The molecule has 1 aromatic rings. The first-order valence-corrected chi connectivity index (χ1v) is 10.8. The number of amides is 2. The van der Waals surface area contributed by atoms with E-state index in [1.54, 1.807) is 62.3 Å². The van der Waals surface area contributed by atoms with Crippen molar-refractivity contribution in [1.82, 2.24) is 0 Å². The predicted octanol–water partition coefficient (Wildman–Crippen LogP) is 7.59. The predicted molar refractivity (Wildman–Crippen MR) is 128 cm³/mol. The molecule has 2 amide bonds. The summed E-state index contributed by atoms with van der Waals surface area (Å²) in [4.78, 5) is 38.3. The van der Waals surface area contributed by atoms with E-state index in [4.69, 9.17) is 42.1 Å². The lowest BCUT2D eigenvalue weighted by atomic mass is 10.1. The van der Waals surface area contributed by atoms with E-state index in [0.29, 0.717) is 4.90 Å². The van der Waals surface area contributed by atoms with Gasteiger partial charge in [0.2, 0.25) is 0 Å². The standard InChI is InChI=1S/C23H31Cl2NO7/c1-13(30-20(29)33-23(8,9)10)17-15(24)11-14(12-16(17)25)26(18(27)31-21(2,3)4)19(28)32-22(5,6)7/h11-12H,1H2,2-10H3. The second-order valence-corrected chi connectivity index (χ2v) is 10.9. The summed E-state index contributed by atoms with van der Waals surface area (Å²) in [5, 5.41) is -0.0775. The summed E-state index contributed by atoms with van der Waals surface area (Å²) < 4.78 is 20.9. The van der Waals surface area contributed by atoms with E-state index in [1.165, 1.54) is 12.1 Å². The Morgan fingerprint density at radius 3 is 1.45 bits per heavy atom. The van der Waals surface area contributed by atoms with Crippen molar-refractivity contribution in [2.45, 2.75) is 79.1 Å². The number of carbonyl (C=O) groups is 3. The third-order valence-corrected chi connectivity index (χ3v) is 3.91. The molecule has 0 fully saturated rings. The zero-order valence-electron chi connectivity index (χ0n) is 20.4. The fourth-order valence-electron chi connectivity index (χ4n) is 2.28. The van der Waals surface area contributed by atoms with Crippen molar-refractivity contribution < 1.29 is 33.3 Å². The van der Waals surface area contributed by atoms with Gasteiger partial charge in [0.25, 0.3) is 0 Å². The molecule has 0 saturated carbocycles. The van der Waals surface area contributed by atoms with Gasteiger partial charge in [-0.25, -0.2) is 14.4 Å². The molecule has 1 rings (SSSR count). The third-order valence-electron chi connectivity index (χ3n) is 3.31. The summed E-state index contributed by atoms with van der Waals surface area (Å²) >= 11 is 12.7. The number of benzene rings is 1. The van der Waals surface area contributed by atoms with Crippen molar-refractivity contribution in [3.8, 4) is 0 Å². The van der Waals surface area contributed by atoms with Crippen molar-refractivity contribution in [3.05, 3.63) is 34.3 Å². The second-order valence-electron chi connectivity index (χ2n) is 10.1. The average Bonchev–Trinajstić information content (AvgIpc) is 2.48. The maximum absolute atomic E-state index is 12.8. The Labute approximate surface area is 204 Å². The summed E-state index contributed by atoms with van der Waals surface area (Å²) in [5.41, 5.74) is -2.49. The zero-order chi connectivity index (χ0) is 25.9. The second kappa shape index (κ2) is 10.2. The molecule has 0 saturated heterocycles. The third kappa shape index (κ3) is 9.52. The Morgan fingerprint density at radius 1 is 0.758 bits per heavy atom. The molecule has 0 radical (unpaired) electrons. The first-order chi connectivity index (χ1) is 14.7. The van der Waals surface area contributed by atoms with E-state index in [2.05, 4.69) is 6.58 Å². The van der Waals surface area contributed by atoms with Crippen LogP contribution < -0.4 is 4.90 Å². The van der Waals surface area contributed by atoms with Gasteiger partial charge in [-0.05, 0) is 74.4 Å². The maximum atomic E-state index is 12.8. The number of anilines is 1. The molecule has 0 atom stereocenters. The van der Waals surface area contributed by atoms with Crippen LogP contribution in [0.15, 0.2) is 18.7 Å². The summed E-state index contributed by atoms with van der Waals surface area (Å²) in [6, 6.07) is 2.56. The van der Waals surface area contributed by atoms with E-state index in [1.807, 2.05) is 0 Å². The number of hydrogen-bond acceptors (Lipinski definition) is 7. The van der Waals surface area contributed by atoms with Gasteiger partial charge in [0.15, 0.2) is 0 Å². The number of imide groups is 1. The fraction of sp³-hybridized carbons (Fsp3) is 0.522. The highest BCUT2D eigenvalue weighted by Gasteiger charge is 2.34. The van der Waals surface area contributed by atoms with E-state index in [0.717, 1.165) is 0 Å². The van der Waals surface area contributed by atoms with Gasteiger partial charge >= 0.3 is 18.3 Å². The monoisotopic (exact) mass is 503 g/mol. The van der Waals surface area contributed by atoms with Crippen LogP contribution in [0.5, 0.6) is 0 Å². The SMILES string of the molecule is C=C(OC(=O)OC(C)(C)C)c1c(Cl)cc(N(C(=O)OC(C)(C)C)C(=O)OC(C)(C)C)cc1Cl. The van der Waals surface area contributed by atoms with Crippen LogP contribution >= 0.6 is 23.2 Å². The normalized spacial score (nSPS) is 12.0. The largest absolute Gasteiger partial charge is 0.514 e. The number of halogens is 2. The molecule has 10 heteroatoms. The first kappa shape index (κ1) is 28.6. The molecule has 8 nitrogen and oxygen atoms in total. The molecule has 0 N–H and O–H groups in total. The number of nitrogens with zero attached hydrogens (tertiary/aromatic N) is 1. The van der Waals surface area contributed by atoms with Crippen LogP contribution in [0, 0.1) is 0 Å². The Bertz CT molecular complexity index is 887. The van der Waals surface area contributed by atoms with Crippen LogP contribution in [0.4, 0.5) is 20.1 Å². The Balaban J connectivity index is 3.37. The first-order valence-electron chi connectivity index (χ1n) is 10.1. The van der Waals surface area contributed by atoms with Crippen LogP contribution in [-0.4, -0.2) is 35.1 Å². The van der Waals surface area contributed by atoms with Crippen molar-refractivity contribution in [2.24, 2.45) is 0 Å². The molecule has 0 spiro atoms. The summed E-state index contributed by atoms with van der Waals surface area (Å²) in [6.07, 6.45) is -2.96. The molecule has 0 aliphatic heterocycles. The molecule has 0 aliphatic carbocycles. The van der Waals surface area contributed by atoms with Gasteiger partial charge in [-0.3, -0.25) is 0 Å². The van der Waals surface area contributed by atoms with Crippen molar-refractivity contribution in [3.63, 3.8) is 0 Å². The minimum absolute atomic E-state index is 0.0117. The number of hydrogen-bond donors (Lipinski definition) is 0. The van der Waals surface area contributed by atoms with Crippen LogP contribution in [0.3, 0.4) is 0 Å². The lowest BCUT2D eigenvalue weighted by Crippen LogP contribution is -2.43. The maximum Gasteiger partial charge on any atom is 0.514 e. The van der Waals surface area contributed by atoms with Crippen LogP contribution in [0.1, 0.15) is 67.9 Å². The van der Waals surface area contributed by atoms with Gasteiger partial charge < -0.3 is 18.9 Å². The smallest absolute Gasteiger partial charge is 0.443 e. The molecular weight excluding hydrogens is 473 g/mol. The lowest BCUT2D eigenvalue weighted by molar-refractivity contribution is 0.0148. The molecule has 184 valence electrons. The molecule has 0 aliphatic rings. The van der Waals surface area contributed by atoms with E-state index >= 15 is 0 Å². The zero-order valence-corrected chi connectivity index (χ0v) is 21.9. The fourth-order valence-corrected chi connectivity index (χ4v) is 2.96. The van der Waals surface area contributed by atoms with Crippen molar-refractivity contribution in [2.75, 3.05) is 4.90 Å². The highest BCUT2D eigenvalue weighted by atomic mass is 35.5. The van der Waals surface area contributed by atoms with Crippen LogP contribution in [0.25, 0.3) is 5.76 Å². The van der Waals surface area contributed by atoms with Gasteiger partial charge in [0.1, 0.15) is 22.6 Å².